The lowest BCUT2D eigenvalue weighted by molar-refractivity contribution is -0.136. The Hall–Kier alpha value is -3.50. The molecule has 4 heterocycles. The molecule has 0 aliphatic carbocycles. The maximum Gasteiger partial charge on any atom is 0.246 e. The van der Waals surface area contributed by atoms with E-state index in [1.54, 1.807) is 17.1 Å². The molecule has 1 saturated heterocycles. The fourth-order valence-corrected chi connectivity index (χ4v) is 5.12. The first-order valence-corrected chi connectivity index (χ1v) is 13.1. The minimum Gasteiger partial charge on any atom is -0.454 e. The van der Waals surface area contributed by atoms with Crippen molar-refractivity contribution in [2.75, 3.05) is 39.5 Å². The summed E-state index contributed by atoms with van der Waals surface area (Å²) in [5, 5.41) is 6.69. The molecule has 5 rings (SSSR count). The van der Waals surface area contributed by atoms with Gasteiger partial charge in [0.25, 0.3) is 0 Å². The van der Waals surface area contributed by atoms with Crippen LogP contribution in [0.5, 0.6) is 11.5 Å². The lowest BCUT2D eigenvalue weighted by Gasteiger charge is -2.44. The van der Waals surface area contributed by atoms with Crippen molar-refractivity contribution in [2.24, 2.45) is 0 Å². The SMILES string of the molecule is CCCCC(C(=O)NCCc1ccc2c(c1)OCO2)(c1cc(C)nc(-n2ccnc2)n1)N1CCNCC1. The summed E-state index contributed by atoms with van der Waals surface area (Å²) >= 11 is 0. The average Bonchev–Trinajstić information content (AvgIpc) is 3.62. The monoisotopic (exact) mass is 505 g/mol. The molecule has 2 aliphatic heterocycles. The quantitative estimate of drug-likeness (QED) is 0.433. The summed E-state index contributed by atoms with van der Waals surface area (Å²) in [6, 6.07) is 7.90. The minimum absolute atomic E-state index is 0.0155. The van der Waals surface area contributed by atoms with Crippen molar-refractivity contribution in [3.05, 3.63) is 59.9 Å². The number of amides is 1. The predicted molar refractivity (Wildman–Crippen MR) is 139 cm³/mol. The number of fused-ring (bicyclic) bond motifs is 1. The standard InChI is InChI=1S/C27H35N7O3/c1-3-4-8-27(34-14-11-28-12-15-34,24-16-20(2)31-26(32-24)33-13-10-29-18-33)25(35)30-9-7-21-5-6-22-23(17-21)37-19-36-22/h5-6,10,13,16-18,28H,3-4,7-9,11-12,14-15,19H2,1-2H3,(H,30,35). The van der Waals surface area contributed by atoms with Gasteiger partial charge in [0, 0.05) is 50.8 Å². The highest BCUT2D eigenvalue weighted by molar-refractivity contribution is 5.87. The van der Waals surface area contributed by atoms with Crippen LogP contribution in [0, 0.1) is 6.92 Å². The zero-order valence-corrected chi connectivity index (χ0v) is 21.6. The number of ether oxygens (including phenoxy) is 2. The highest BCUT2D eigenvalue weighted by Crippen LogP contribution is 2.35. The number of aromatic nitrogens is 4. The third-order valence-corrected chi connectivity index (χ3v) is 7.06. The van der Waals surface area contributed by atoms with Crippen molar-refractivity contribution in [3.8, 4) is 17.4 Å². The topological polar surface area (TPSA) is 106 Å². The third kappa shape index (κ3) is 5.30. The maximum atomic E-state index is 14.3. The van der Waals surface area contributed by atoms with E-state index in [0.29, 0.717) is 25.3 Å². The molecule has 10 heteroatoms. The number of hydrogen-bond acceptors (Lipinski definition) is 8. The largest absolute Gasteiger partial charge is 0.454 e. The lowest BCUT2D eigenvalue weighted by Crippen LogP contribution is -2.61. The van der Waals surface area contributed by atoms with Crippen LogP contribution in [0.4, 0.5) is 0 Å². The van der Waals surface area contributed by atoms with Gasteiger partial charge < -0.3 is 20.1 Å². The number of benzene rings is 1. The molecule has 3 aromatic rings. The Bertz CT molecular complexity index is 1210. The van der Waals surface area contributed by atoms with E-state index in [2.05, 4.69) is 32.4 Å². The molecule has 2 N–H and O–H groups in total. The van der Waals surface area contributed by atoms with Crippen LogP contribution in [0.2, 0.25) is 0 Å². The van der Waals surface area contributed by atoms with Crippen LogP contribution in [0.15, 0.2) is 43.0 Å². The Morgan fingerprint density at radius 1 is 1.16 bits per heavy atom. The summed E-state index contributed by atoms with van der Waals surface area (Å²) in [7, 11) is 0. The van der Waals surface area contributed by atoms with Gasteiger partial charge in [-0.05, 0) is 43.5 Å². The molecule has 37 heavy (non-hydrogen) atoms. The number of carbonyl (C=O) groups excluding carboxylic acids is 1. The molecule has 10 nitrogen and oxygen atoms in total. The molecule has 196 valence electrons. The zero-order chi connectivity index (χ0) is 25.7. The summed E-state index contributed by atoms with van der Waals surface area (Å²) in [6.07, 6.45) is 8.47. The zero-order valence-electron chi connectivity index (χ0n) is 21.6. The number of aryl methyl sites for hydroxylation is 1. The molecular formula is C27H35N7O3. The van der Waals surface area contributed by atoms with Crippen LogP contribution < -0.4 is 20.1 Å². The molecule has 1 aromatic carbocycles. The molecule has 2 aliphatic rings. The average molecular weight is 506 g/mol. The number of carbonyl (C=O) groups is 1. The number of nitrogens with zero attached hydrogens (tertiary/aromatic N) is 5. The first-order chi connectivity index (χ1) is 18.1. The molecular weight excluding hydrogens is 470 g/mol. The van der Waals surface area contributed by atoms with E-state index in [9.17, 15) is 4.79 Å². The third-order valence-electron chi connectivity index (χ3n) is 7.06. The Balaban J connectivity index is 1.45. The van der Waals surface area contributed by atoms with E-state index in [4.69, 9.17) is 14.5 Å². The molecule has 1 fully saturated rings. The number of unbranched alkanes of at least 4 members (excludes halogenated alkanes) is 1. The molecule has 0 saturated carbocycles. The Kier molecular flexibility index (Phi) is 7.66. The fourth-order valence-electron chi connectivity index (χ4n) is 5.12. The van der Waals surface area contributed by atoms with Crippen molar-refractivity contribution in [2.45, 2.75) is 45.1 Å². The summed E-state index contributed by atoms with van der Waals surface area (Å²) < 4.78 is 12.7. The maximum absolute atomic E-state index is 14.3. The predicted octanol–water partition coefficient (Wildman–Crippen LogP) is 2.35. The first kappa shape index (κ1) is 25.2. The van der Waals surface area contributed by atoms with Gasteiger partial charge in [0.05, 0.1) is 5.69 Å². The van der Waals surface area contributed by atoms with Gasteiger partial charge in [0.15, 0.2) is 11.5 Å². The molecule has 0 bridgehead atoms. The van der Waals surface area contributed by atoms with Gasteiger partial charge in [-0.3, -0.25) is 14.3 Å². The summed E-state index contributed by atoms with van der Waals surface area (Å²) in [6.45, 7) is 8.06. The summed E-state index contributed by atoms with van der Waals surface area (Å²) in [5.41, 5.74) is 1.75. The second-order valence-electron chi connectivity index (χ2n) is 9.56. The number of nitrogens with one attached hydrogen (secondary N) is 2. The Labute approximate surface area is 217 Å². The summed E-state index contributed by atoms with van der Waals surface area (Å²) in [5.74, 6) is 2.03. The first-order valence-electron chi connectivity index (χ1n) is 13.1. The molecule has 0 radical (unpaired) electrons. The second kappa shape index (κ2) is 11.3. The molecule has 1 unspecified atom stereocenters. The van der Waals surface area contributed by atoms with Gasteiger partial charge >= 0.3 is 0 Å². The van der Waals surface area contributed by atoms with E-state index in [0.717, 1.165) is 67.5 Å². The molecule has 2 aromatic heterocycles. The highest BCUT2D eigenvalue weighted by atomic mass is 16.7. The number of rotatable bonds is 10. The molecule has 0 spiro atoms. The number of piperazine rings is 1. The van der Waals surface area contributed by atoms with Crippen molar-refractivity contribution in [3.63, 3.8) is 0 Å². The van der Waals surface area contributed by atoms with Gasteiger partial charge in [0.2, 0.25) is 18.6 Å². The van der Waals surface area contributed by atoms with Gasteiger partial charge in [-0.25, -0.2) is 15.0 Å². The van der Waals surface area contributed by atoms with Crippen molar-refractivity contribution < 1.29 is 14.3 Å². The van der Waals surface area contributed by atoms with Crippen LogP contribution in [0.1, 0.15) is 43.1 Å². The van der Waals surface area contributed by atoms with E-state index >= 15 is 0 Å². The van der Waals surface area contributed by atoms with Crippen LogP contribution in [-0.2, 0) is 16.8 Å². The van der Waals surface area contributed by atoms with Gasteiger partial charge in [-0.1, -0.05) is 25.8 Å². The number of imidazole rings is 1. The smallest absolute Gasteiger partial charge is 0.246 e. The molecule has 1 amide bonds. The van der Waals surface area contributed by atoms with E-state index in [-0.39, 0.29) is 12.7 Å². The Morgan fingerprint density at radius 2 is 2.00 bits per heavy atom. The van der Waals surface area contributed by atoms with Crippen molar-refractivity contribution >= 4 is 5.91 Å². The highest BCUT2D eigenvalue weighted by Gasteiger charge is 2.47. The van der Waals surface area contributed by atoms with E-state index in [1.807, 2.05) is 37.4 Å². The van der Waals surface area contributed by atoms with Crippen molar-refractivity contribution in [1.29, 1.82) is 0 Å². The van der Waals surface area contributed by atoms with Gasteiger partial charge in [-0.2, -0.15) is 0 Å². The molecule has 1 atom stereocenters. The minimum atomic E-state index is -0.893. The second-order valence-corrected chi connectivity index (χ2v) is 9.56. The van der Waals surface area contributed by atoms with Crippen LogP contribution in [0.25, 0.3) is 5.95 Å². The van der Waals surface area contributed by atoms with Crippen LogP contribution in [0.3, 0.4) is 0 Å². The van der Waals surface area contributed by atoms with Gasteiger partial charge in [0.1, 0.15) is 11.9 Å². The fraction of sp³-hybridized carbons (Fsp3) is 0.481. The lowest BCUT2D eigenvalue weighted by atomic mass is 9.84. The Morgan fingerprint density at radius 3 is 2.78 bits per heavy atom. The van der Waals surface area contributed by atoms with Gasteiger partial charge in [-0.15, -0.1) is 0 Å². The summed E-state index contributed by atoms with van der Waals surface area (Å²) in [4.78, 5) is 30.3. The van der Waals surface area contributed by atoms with E-state index < -0.39 is 5.54 Å². The van der Waals surface area contributed by atoms with Crippen molar-refractivity contribution in [1.82, 2.24) is 35.1 Å². The van der Waals surface area contributed by atoms with Crippen LogP contribution in [-0.4, -0.2) is 69.8 Å². The van der Waals surface area contributed by atoms with E-state index in [1.165, 1.54) is 0 Å². The normalized spacial score (nSPS) is 16.9. The number of hydrogen-bond donors (Lipinski definition) is 2. The van der Waals surface area contributed by atoms with Crippen LogP contribution >= 0.6 is 0 Å².